The standard InChI is InChI=1S/C21H16ClIN4O3S2/c1-12(13-5-7-14(22)8-6-13)24-21(28)16-10-9-15(23)11-18(16)27-32(29,30)19-4-2-3-17-20(19)26-31-25-17/h2-12,27H,1H3,(H,24,28). The van der Waals surface area contributed by atoms with Gasteiger partial charge in [0.15, 0.2) is 0 Å². The Bertz CT molecular complexity index is 1410. The van der Waals surface area contributed by atoms with E-state index in [0.29, 0.717) is 10.5 Å². The minimum atomic E-state index is -4.01. The van der Waals surface area contributed by atoms with Crippen molar-refractivity contribution in [1.29, 1.82) is 0 Å². The lowest BCUT2D eigenvalue weighted by Crippen LogP contribution is -2.28. The summed E-state index contributed by atoms with van der Waals surface area (Å²) in [7, 11) is -4.01. The Morgan fingerprint density at radius 1 is 1.09 bits per heavy atom. The second-order valence-corrected chi connectivity index (χ2v) is 10.8. The third-order valence-corrected chi connectivity index (χ3v) is 7.59. The van der Waals surface area contributed by atoms with Crippen LogP contribution in [0.25, 0.3) is 11.0 Å². The average molecular weight is 599 g/mol. The number of carbonyl (C=O) groups is 1. The highest BCUT2D eigenvalue weighted by atomic mass is 127. The van der Waals surface area contributed by atoms with Gasteiger partial charge in [0.05, 0.1) is 29.0 Å². The fourth-order valence-electron chi connectivity index (χ4n) is 3.11. The first-order chi connectivity index (χ1) is 15.2. The SMILES string of the molecule is CC(NC(=O)c1ccc(I)cc1NS(=O)(=O)c1cccc2nsnc12)c1ccc(Cl)cc1. The van der Waals surface area contributed by atoms with Crippen LogP contribution in [-0.4, -0.2) is 23.1 Å². The van der Waals surface area contributed by atoms with Crippen LogP contribution in [0.3, 0.4) is 0 Å². The molecule has 4 aromatic rings. The normalized spacial score (nSPS) is 12.5. The van der Waals surface area contributed by atoms with Crippen LogP contribution in [-0.2, 0) is 10.0 Å². The molecule has 0 spiro atoms. The Labute approximate surface area is 207 Å². The number of aromatic nitrogens is 2. The predicted molar refractivity (Wildman–Crippen MR) is 135 cm³/mol. The fraction of sp³-hybridized carbons (Fsp3) is 0.0952. The zero-order valence-corrected chi connectivity index (χ0v) is 21.1. The zero-order valence-electron chi connectivity index (χ0n) is 16.5. The molecule has 1 unspecified atom stereocenters. The van der Waals surface area contributed by atoms with Crippen LogP contribution >= 0.6 is 45.9 Å². The van der Waals surface area contributed by atoms with E-state index >= 15 is 0 Å². The lowest BCUT2D eigenvalue weighted by atomic mass is 10.1. The van der Waals surface area contributed by atoms with Crippen molar-refractivity contribution in [1.82, 2.24) is 14.1 Å². The van der Waals surface area contributed by atoms with Gasteiger partial charge in [0, 0.05) is 8.59 Å². The minimum Gasteiger partial charge on any atom is -0.345 e. The van der Waals surface area contributed by atoms with Crippen LogP contribution in [0.5, 0.6) is 0 Å². The summed E-state index contributed by atoms with van der Waals surface area (Å²) in [4.78, 5) is 13.0. The summed E-state index contributed by atoms with van der Waals surface area (Å²) in [5, 5.41) is 3.51. The van der Waals surface area contributed by atoms with Crippen LogP contribution in [0.1, 0.15) is 28.9 Å². The summed E-state index contributed by atoms with van der Waals surface area (Å²) < 4.78 is 37.8. The number of nitrogens with zero attached hydrogens (tertiary/aromatic N) is 2. The lowest BCUT2D eigenvalue weighted by Gasteiger charge is -2.17. The number of fused-ring (bicyclic) bond motifs is 1. The highest BCUT2D eigenvalue weighted by Gasteiger charge is 2.23. The monoisotopic (exact) mass is 598 g/mol. The first-order valence-electron chi connectivity index (χ1n) is 9.34. The molecule has 0 aliphatic heterocycles. The average Bonchev–Trinajstić information content (AvgIpc) is 3.22. The van der Waals surface area contributed by atoms with Crippen molar-refractivity contribution in [3.8, 4) is 0 Å². The van der Waals surface area contributed by atoms with Crippen LogP contribution in [0, 0.1) is 3.57 Å². The molecule has 164 valence electrons. The molecule has 11 heteroatoms. The van der Waals surface area contributed by atoms with Gasteiger partial charge in [0.2, 0.25) is 0 Å². The molecular weight excluding hydrogens is 583 g/mol. The quantitative estimate of drug-likeness (QED) is 0.296. The molecule has 0 fully saturated rings. The maximum atomic E-state index is 13.2. The summed E-state index contributed by atoms with van der Waals surface area (Å²) in [6.07, 6.45) is 0. The van der Waals surface area contributed by atoms with Crippen LogP contribution < -0.4 is 10.0 Å². The highest BCUT2D eigenvalue weighted by Crippen LogP contribution is 2.27. The molecule has 2 N–H and O–H groups in total. The van der Waals surface area contributed by atoms with Gasteiger partial charge in [-0.25, -0.2) is 8.42 Å². The molecule has 0 bridgehead atoms. The molecule has 32 heavy (non-hydrogen) atoms. The van der Waals surface area contributed by atoms with Crippen molar-refractivity contribution in [2.24, 2.45) is 0 Å². The Kier molecular flexibility index (Phi) is 6.65. The number of benzene rings is 3. The molecule has 1 heterocycles. The van der Waals surface area contributed by atoms with E-state index in [9.17, 15) is 13.2 Å². The van der Waals surface area contributed by atoms with E-state index < -0.39 is 15.9 Å². The second-order valence-electron chi connectivity index (χ2n) is 6.93. The number of amides is 1. The van der Waals surface area contributed by atoms with E-state index in [4.69, 9.17) is 11.6 Å². The Hall–Kier alpha value is -2.28. The number of halogens is 2. The molecule has 0 saturated heterocycles. The minimum absolute atomic E-state index is 0.00324. The predicted octanol–water partition coefficient (Wildman–Crippen LogP) is 5.24. The van der Waals surface area contributed by atoms with Gasteiger partial charge in [-0.2, -0.15) is 8.75 Å². The summed E-state index contributed by atoms with van der Waals surface area (Å²) in [6.45, 7) is 1.84. The molecular formula is C21H16ClIN4O3S2. The Balaban J connectivity index is 1.64. The van der Waals surface area contributed by atoms with Crippen LogP contribution in [0.4, 0.5) is 5.69 Å². The number of rotatable bonds is 6. The first-order valence-corrected chi connectivity index (χ1v) is 13.0. The number of sulfonamides is 1. The lowest BCUT2D eigenvalue weighted by molar-refractivity contribution is 0.0941. The van der Waals surface area contributed by atoms with Gasteiger partial charge in [-0.05, 0) is 77.5 Å². The largest absolute Gasteiger partial charge is 0.345 e. The molecule has 7 nitrogen and oxygen atoms in total. The number of hydrogen-bond donors (Lipinski definition) is 2. The van der Waals surface area contributed by atoms with Gasteiger partial charge >= 0.3 is 0 Å². The highest BCUT2D eigenvalue weighted by molar-refractivity contribution is 14.1. The van der Waals surface area contributed by atoms with E-state index in [1.807, 2.05) is 19.1 Å². The van der Waals surface area contributed by atoms with Crippen molar-refractivity contribution in [3.05, 3.63) is 80.4 Å². The Morgan fingerprint density at radius 3 is 2.59 bits per heavy atom. The van der Waals surface area contributed by atoms with E-state index in [1.165, 1.54) is 6.07 Å². The van der Waals surface area contributed by atoms with Gasteiger partial charge in [-0.15, -0.1) is 0 Å². The van der Waals surface area contributed by atoms with E-state index in [0.717, 1.165) is 20.9 Å². The Morgan fingerprint density at radius 2 is 1.84 bits per heavy atom. The number of carbonyl (C=O) groups excluding carboxylic acids is 1. The van der Waals surface area contributed by atoms with Crippen molar-refractivity contribution < 1.29 is 13.2 Å². The molecule has 0 saturated carbocycles. The smallest absolute Gasteiger partial charge is 0.264 e. The van der Waals surface area contributed by atoms with Crippen molar-refractivity contribution >= 4 is 78.6 Å². The molecule has 1 amide bonds. The maximum Gasteiger partial charge on any atom is 0.264 e. The molecule has 3 aromatic carbocycles. The van der Waals surface area contributed by atoms with Gasteiger partial charge in [0.1, 0.15) is 15.9 Å². The van der Waals surface area contributed by atoms with Gasteiger partial charge in [-0.1, -0.05) is 29.8 Å². The number of anilines is 1. The molecule has 0 aliphatic rings. The number of nitrogens with one attached hydrogen (secondary N) is 2. The summed E-state index contributed by atoms with van der Waals surface area (Å²) >= 11 is 8.94. The van der Waals surface area contributed by atoms with Gasteiger partial charge < -0.3 is 5.32 Å². The first kappa shape index (κ1) is 22.9. The second kappa shape index (κ2) is 9.30. The van der Waals surface area contributed by atoms with E-state index in [-0.39, 0.29) is 27.7 Å². The van der Waals surface area contributed by atoms with Crippen molar-refractivity contribution in [3.63, 3.8) is 0 Å². The summed E-state index contributed by atoms with van der Waals surface area (Å²) in [5.41, 5.74) is 2.04. The maximum absolute atomic E-state index is 13.2. The molecule has 1 aromatic heterocycles. The molecule has 1 atom stereocenters. The van der Waals surface area contributed by atoms with Crippen molar-refractivity contribution in [2.45, 2.75) is 17.9 Å². The molecule has 4 rings (SSSR count). The molecule has 0 aliphatic carbocycles. The topological polar surface area (TPSA) is 101 Å². The van der Waals surface area contributed by atoms with Crippen LogP contribution in [0.2, 0.25) is 5.02 Å². The summed E-state index contributed by atoms with van der Waals surface area (Å²) in [5.74, 6) is -0.407. The number of hydrogen-bond acceptors (Lipinski definition) is 6. The molecule has 0 radical (unpaired) electrons. The third-order valence-electron chi connectivity index (χ3n) is 4.73. The summed E-state index contributed by atoms with van der Waals surface area (Å²) in [6, 6.07) is 16.5. The van der Waals surface area contributed by atoms with E-state index in [2.05, 4.69) is 41.4 Å². The van der Waals surface area contributed by atoms with Crippen LogP contribution in [0.15, 0.2) is 65.6 Å². The van der Waals surface area contributed by atoms with Gasteiger partial charge in [-0.3, -0.25) is 9.52 Å². The zero-order chi connectivity index (χ0) is 22.9. The third kappa shape index (κ3) is 4.87. The van der Waals surface area contributed by atoms with Gasteiger partial charge in [0.25, 0.3) is 15.9 Å². The van der Waals surface area contributed by atoms with Crippen molar-refractivity contribution in [2.75, 3.05) is 4.72 Å². The van der Waals surface area contributed by atoms with E-state index in [1.54, 1.807) is 42.5 Å². The fourth-order valence-corrected chi connectivity index (χ4v) is 5.56.